The Labute approximate surface area is 160 Å². The Morgan fingerprint density at radius 1 is 1.12 bits per heavy atom. The molecule has 0 unspecified atom stereocenters. The second kappa shape index (κ2) is 8.32. The van der Waals surface area contributed by atoms with Crippen molar-refractivity contribution in [2.75, 3.05) is 0 Å². The molecule has 1 heterocycles. The van der Waals surface area contributed by atoms with E-state index < -0.39 is 23.9 Å². The van der Waals surface area contributed by atoms with Gasteiger partial charge in [0.15, 0.2) is 0 Å². The van der Waals surface area contributed by atoms with E-state index in [1.807, 2.05) is 49.4 Å². The number of carbonyl (C=O) groups excluding carboxylic acids is 2. The molecule has 0 radical (unpaired) electrons. The van der Waals surface area contributed by atoms with Crippen molar-refractivity contribution in [3.05, 3.63) is 65.7 Å². The number of halogens is 1. The molecule has 0 amide bonds. The number of benzene rings is 2. The number of nitrogens with zero attached hydrogens (tertiary/aromatic N) is 1. The number of hydrogen-bond acceptors (Lipinski definition) is 5. The molecule has 0 aromatic heterocycles. The molecule has 0 bridgehead atoms. The molecule has 2 aromatic carbocycles. The van der Waals surface area contributed by atoms with Crippen LogP contribution >= 0.6 is 15.9 Å². The van der Waals surface area contributed by atoms with E-state index in [0.29, 0.717) is 5.46 Å². The van der Waals surface area contributed by atoms with Gasteiger partial charge in [0.25, 0.3) is 5.97 Å². The molecule has 7 heteroatoms. The maximum absolute atomic E-state index is 12.0. The first-order chi connectivity index (χ1) is 12.5. The summed E-state index contributed by atoms with van der Waals surface area (Å²) in [4.78, 5) is 27.7. The Kier molecular flexibility index (Phi) is 5.88. The van der Waals surface area contributed by atoms with Crippen LogP contribution in [0.5, 0.6) is 0 Å². The Morgan fingerprint density at radius 3 is 2.58 bits per heavy atom. The maximum Gasteiger partial charge on any atom is 0.637 e. The first kappa shape index (κ1) is 18.4. The van der Waals surface area contributed by atoms with E-state index in [1.165, 1.54) is 0 Å². The summed E-state index contributed by atoms with van der Waals surface area (Å²) in [6.07, 6.45) is 1.65. The van der Waals surface area contributed by atoms with Gasteiger partial charge in [0.1, 0.15) is 4.83 Å². The van der Waals surface area contributed by atoms with Crippen LogP contribution in [0.15, 0.2) is 59.6 Å². The van der Waals surface area contributed by atoms with Crippen molar-refractivity contribution >= 4 is 46.7 Å². The molecule has 0 saturated carbocycles. The highest BCUT2D eigenvalue weighted by Gasteiger charge is 2.38. The molecule has 1 aliphatic heterocycles. The van der Waals surface area contributed by atoms with Gasteiger partial charge in [0, 0.05) is 11.7 Å². The lowest BCUT2D eigenvalue weighted by atomic mass is 9.76. The van der Waals surface area contributed by atoms with E-state index in [1.54, 1.807) is 18.3 Å². The number of rotatable bonds is 4. The predicted molar refractivity (Wildman–Crippen MR) is 104 cm³/mol. The Bertz CT molecular complexity index is 827. The average molecular weight is 414 g/mol. The molecule has 2 atom stereocenters. The Morgan fingerprint density at radius 2 is 1.81 bits per heavy atom. The minimum absolute atomic E-state index is 0.0320. The van der Waals surface area contributed by atoms with Gasteiger partial charge in [-0.1, -0.05) is 70.5 Å². The standard InChI is InChI=1S/C19H17BBrNO4/c1-13(14-7-3-2-4-8-14)22-12-15-9-5-6-10-16(15)20-25-18(23)11-17(21)19(24)26-20/h2-10,12-13,17H,11H2,1H3/t13-,17-/m1/s1. The average Bonchev–Trinajstić information content (AvgIpc) is 2.78. The predicted octanol–water partition coefficient (Wildman–Crippen LogP) is 2.82. The van der Waals surface area contributed by atoms with Crippen molar-refractivity contribution in [1.29, 1.82) is 0 Å². The highest BCUT2D eigenvalue weighted by molar-refractivity contribution is 9.10. The molecule has 5 nitrogen and oxygen atoms in total. The fourth-order valence-corrected chi connectivity index (χ4v) is 2.95. The fourth-order valence-electron chi connectivity index (χ4n) is 2.58. The molecule has 0 N–H and O–H groups in total. The van der Waals surface area contributed by atoms with Crippen LogP contribution < -0.4 is 5.46 Å². The summed E-state index contributed by atoms with van der Waals surface area (Å²) in [6.45, 7) is 2.00. The second-order valence-corrected chi connectivity index (χ2v) is 7.03. The van der Waals surface area contributed by atoms with Gasteiger partial charge >= 0.3 is 13.1 Å². The third-order valence-electron chi connectivity index (χ3n) is 4.03. The van der Waals surface area contributed by atoms with Gasteiger partial charge in [0.05, 0.1) is 12.5 Å². The molecule has 2 aromatic rings. The summed E-state index contributed by atoms with van der Waals surface area (Å²) in [5.41, 5.74) is 2.41. The van der Waals surface area contributed by atoms with Gasteiger partial charge in [-0.05, 0) is 18.1 Å². The van der Waals surface area contributed by atoms with E-state index >= 15 is 0 Å². The van der Waals surface area contributed by atoms with Gasteiger partial charge in [-0.3, -0.25) is 14.6 Å². The minimum Gasteiger partial charge on any atom is -0.495 e. The molecular weight excluding hydrogens is 397 g/mol. The topological polar surface area (TPSA) is 65.0 Å². The van der Waals surface area contributed by atoms with E-state index in [9.17, 15) is 9.59 Å². The maximum atomic E-state index is 12.0. The molecule has 1 saturated heterocycles. The Balaban J connectivity index is 1.85. The lowest BCUT2D eigenvalue weighted by Gasteiger charge is -2.13. The summed E-state index contributed by atoms with van der Waals surface area (Å²) in [6, 6.07) is 17.1. The zero-order chi connectivity index (χ0) is 18.5. The van der Waals surface area contributed by atoms with Crippen molar-refractivity contribution in [3.8, 4) is 0 Å². The molecule has 3 rings (SSSR count). The van der Waals surface area contributed by atoms with Gasteiger partial charge in [-0.15, -0.1) is 0 Å². The quantitative estimate of drug-likeness (QED) is 0.439. The van der Waals surface area contributed by atoms with E-state index in [4.69, 9.17) is 9.31 Å². The van der Waals surface area contributed by atoms with Gasteiger partial charge in [-0.2, -0.15) is 0 Å². The zero-order valence-electron chi connectivity index (χ0n) is 14.2. The van der Waals surface area contributed by atoms with E-state index in [0.717, 1.165) is 11.1 Å². The molecule has 0 aliphatic carbocycles. The lowest BCUT2D eigenvalue weighted by Crippen LogP contribution is -2.41. The number of hydrogen-bond donors (Lipinski definition) is 0. The van der Waals surface area contributed by atoms with Crippen LogP contribution in [-0.2, 0) is 18.9 Å². The molecular formula is C19H17BBrNO4. The van der Waals surface area contributed by atoms with Crippen molar-refractivity contribution in [2.45, 2.75) is 24.2 Å². The third-order valence-corrected chi connectivity index (χ3v) is 4.73. The smallest absolute Gasteiger partial charge is 0.495 e. The normalized spacial score (nSPS) is 19.0. The molecule has 1 aliphatic rings. The zero-order valence-corrected chi connectivity index (χ0v) is 15.8. The van der Waals surface area contributed by atoms with Crippen LogP contribution in [0.2, 0.25) is 0 Å². The summed E-state index contributed by atoms with van der Waals surface area (Å²) in [5, 5.41) is 0. The van der Waals surface area contributed by atoms with Crippen LogP contribution in [0.25, 0.3) is 0 Å². The van der Waals surface area contributed by atoms with Crippen LogP contribution in [0.1, 0.15) is 30.5 Å². The van der Waals surface area contributed by atoms with Crippen molar-refractivity contribution in [3.63, 3.8) is 0 Å². The van der Waals surface area contributed by atoms with Gasteiger partial charge in [-0.25, -0.2) is 0 Å². The minimum atomic E-state index is -1.08. The van der Waals surface area contributed by atoms with Crippen LogP contribution in [0, 0.1) is 0 Å². The summed E-state index contributed by atoms with van der Waals surface area (Å²) in [7, 11) is -1.08. The fraction of sp³-hybridized carbons (Fsp3) is 0.211. The summed E-state index contributed by atoms with van der Waals surface area (Å²) >= 11 is 3.14. The highest BCUT2D eigenvalue weighted by Crippen LogP contribution is 2.17. The lowest BCUT2D eigenvalue weighted by molar-refractivity contribution is -0.135. The molecule has 0 spiro atoms. The van der Waals surface area contributed by atoms with Gasteiger partial charge in [0.2, 0.25) is 0 Å². The molecule has 1 fully saturated rings. The highest BCUT2D eigenvalue weighted by atomic mass is 79.9. The first-order valence-corrected chi connectivity index (χ1v) is 9.17. The van der Waals surface area contributed by atoms with Crippen molar-refractivity contribution in [1.82, 2.24) is 0 Å². The summed E-state index contributed by atoms with van der Waals surface area (Å²) < 4.78 is 10.6. The summed E-state index contributed by atoms with van der Waals surface area (Å²) in [5.74, 6) is -1.02. The second-order valence-electron chi connectivity index (χ2n) is 5.92. The largest absolute Gasteiger partial charge is 0.637 e. The van der Waals surface area contributed by atoms with E-state index in [-0.39, 0.29) is 12.5 Å². The number of carbonyl (C=O) groups is 2. The SMILES string of the molecule is C[C@@H](N=Cc1ccccc1B1OC(=O)C[C@@H](Br)C(=O)O1)c1ccccc1. The first-order valence-electron chi connectivity index (χ1n) is 8.25. The monoisotopic (exact) mass is 413 g/mol. The third kappa shape index (κ3) is 4.41. The van der Waals surface area contributed by atoms with Gasteiger partial charge < -0.3 is 9.31 Å². The van der Waals surface area contributed by atoms with Crippen molar-refractivity contribution in [2.24, 2.45) is 4.99 Å². The molecule has 26 heavy (non-hydrogen) atoms. The van der Waals surface area contributed by atoms with Crippen molar-refractivity contribution < 1.29 is 18.9 Å². The van der Waals surface area contributed by atoms with E-state index in [2.05, 4.69) is 20.9 Å². The van der Waals surface area contributed by atoms with Crippen LogP contribution in [-0.4, -0.2) is 30.1 Å². The number of alkyl halides is 1. The van der Waals surface area contributed by atoms with Crippen LogP contribution in [0.3, 0.4) is 0 Å². The van der Waals surface area contributed by atoms with Crippen LogP contribution in [0.4, 0.5) is 0 Å². The number of aliphatic imine (C=N–C) groups is 1. The Hall–Kier alpha value is -2.41. The molecule has 132 valence electrons.